The highest BCUT2D eigenvalue weighted by Crippen LogP contribution is 2.40. The second-order valence-corrected chi connectivity index (χ2v) is 8.74. The molecule has 0 aliphatic rings. The van der Waals surface area contributed by atoms with E-state index in [0.29, 0.717) is 47.7 Å². The Kier molecular flexibility index (Phi) is 8.98. The van der Waals surface area contributed by atoms with Gasteiger partial charge in [-0.05, 0) is 24.3 Å². The van der Waals surface area contributed by atoms with Crippen molar-refractivity contribution in [2.45, 2.75) is 10.8 Å². The number of fused-ring (bicyclic) bond motifs is 1. The van der Waals surface area contributed by atoms with Crippen LogP contribution in [-0.2, 0) is 20.7 Å². The summed E-state index contributed by atoms with van der Waals surface area (Å²) < 4.78 is 28.5. The highest BCUT2D eigenvalue weighted by atomic mass is 32.2. The number of thiazole rings is 1. The summed E-state index contributed by atoms with van der Waals surface area (Å²) in [6.07, 6.45) is 0.129. The largest absolute Gasteiger partial charge is 0.493 e. The van der Waals surface area contributed by atoms with Gasteiger partial charge in [0, 0.05) is 18.4 Å². The van der Waals surface area contributed by atoms with E-state index >= 15 is 0 Å². The van der Waals surface area contributed by atoms with Crippen LogP contribution in [0.1, 0.15) is 5.56 Å². The van der Waals surface area contributed by atoms with E-state index in [0.717, 1.165) is 14.6 Å². The number of carbonyl (C=O) groups excluding carboxylic acids is 1. The van der Waals surface area contributed by atoms with E-state index in [9.17, 15) is 4.79 Å². The molecule has 10 heteroatoms. The number of aromatic nitrogens is 1. The number of hydrogen-bond acceptors (Lipinski definition) is 9. The van der Waals surface area contributed by atoms with Crippen LogP contribution in [0, 0.1) is 0 Å². The van der Waals surface area contributed by atoms with E-state index in [1.807, 2.05) is 18.2 Å². The standard InChI is InChI=1S/C22H26N2O6S2/c1-26-9-10-30-13-31-22-24-16-7-6-15(12-18(16)32-22)23-19(25)11-14-5-8-17(27-2)21(29-4)20(14)28-3/h5-8,12H,9-11,13H2,1-4H3,(H,23,25). The number of hydrogen-bond donors (Lipinski definition) is 1. The molecule has 3 aromatic rings. The second kappa shape index (κ2) is 11.9. The van der Waals surface area contributed by atoms with E-state index in [1.165, 1.54) is 26.0 Å². The number of carbonyl (C=O) groups is 1. The number of rotatable bonds is 12. The summed E-state index contributed by atoms with van der Waals surface area (Å²) in [5.41, 5.74) is 2.29. The molecular formula is C22H26N2O6S2. The number of thioether (sulfide) groups is 1. The fraction of sp³-hybridized carbons (Fsp3) is 0.364. The number of benzene rings is 2. The Morgan fingerprint density at radius 3 is 2.56 bits per heavy atom. The Balaban J connectivity index is 1.65. The third kappa shape index (κ3) is 6.04. The summed E-state index contributed by atoms with van der Waals surface area (Å²) >= 11 is 3.10. The summed E-state index contributed by atoms with van der Waals surface area (Å²) in [7, 11) is 6.27. The predicted octanol–water partition coefficient (Wildman–Crippen LogP) is 4.22. The molecular weight excluding hydrogens is 452 g/mol. The van der Waals surface area contributed by atoms with E-state index < -0.39 is 0 Å². The molecule has 0 unspecified atom stereocenters. The molecule has 0 saturated heterocycles. The van der Waals surface area contributed by atoms with Crippen LogP contribution >= 0.6 is 23.1 Å². The number of ether oxygens (including phenoxy) is 5. The number of anilines is 1. The van der Waals surface area contributed by atoms with E-state index in [4.69, 9.17) is 23.7 Å². The van der Waals surface area contributed by atoms with Crippen LogP contribution in [0.15, 0.2) is 34.7 Å². The monoisotopic (exact) mass is 478 g/mol. The van der Waals surface area contributed by atoms with Crippen molar-refractivity contribution >= 4 is 44.9 Å². The van der Waals surface area contributed by atoms with Crippen molar-refractivity contribution in [1.82, 2.24) is 4.98 Å². The lowest BCUT2D eigenvalue weighted by Gasteiger charge is -2.15. The summed E-state index contributed by atoms with van der Waals surface area (Å²) in [6, 6.07) is 9.21. The van der Waals surface area contributed by atoms with E-state index in [2.05, 4.69) is 10.3 Å². The lowest BCUT2D eigenvalue weighted by Crippen LogP contribution is -2.15. The minimum atomic E-state index is -0.166. The quantitative estimate of drug-likeness (QED) is 0.235. The second-order valence-electron chi connectivity index (χ2n) is 6.54. The minimum Gasteiger partial charge on any atom is -0.493 e. The van der Waals surface area contributed by atoms with Gasteiger partial charge in [0.15, 0.2) is 15.8 Å². The zero-order valence-electron chi connectivity index (χ0n) is 18.4. The average Bonchev–Trinajstić information content (AvgIpc) is 3.20. The lowest BCUT2D eigenvalue weighted by atomic mass is 10.1. The van der Waals surface area contributed by atoms with Crippen LogP contribution in [0.3, 0.4) is 0 Å². The maximum absolute atomic E-state index is 12.7. The molecule has 1 heterocycles. The van der Waals surface area contributed by atoms with Crippen LogP contribution in [0.5, 0.6) is 17.2 Å². The van der Waals surface area contributed by atoms with Gasteiger partial charge in [-0.15, -0.1) is 11.3 Å². The Hall–Kier alpha value is -2.53. The Morgan fingerprint density at radius 2 is 1.84 bits per heavy atom. The van der Waals surface area contributed by atoms with Gasteiger partial charge in [-0.25, -0.2) is 4.98 Å². The van der Waals surface area contributed by atoms with Gasteiger partial charge in [0.05, 0.1) is 57.1 Å². The fourth-order valence-corrected chi connectivity index (χ4v) is 4.87. The van der Waals surface area contributed by atoms with Crippen LogP contribution in [0.4, 0.5) is 5.69 Å². The molecule has 0 radical (unpaired) electrons. The molecule has 32 heavy (non-hydrogen) atoms. The predicted molar refractivity (Wildman–Crippen MR) is 127 cm³/mol. The number of nitrogens with zero attached hydrogens (tertiary/aromatic N) is 1. The van der Waals surface area contributed by atoms with Crippen molar-refractivity contribution in [1.29, 1.82) is 0 Å². The topological polar surface area (TPSA) is 88.1 Å². The first kappa shape index (κ1) is 24.1. The van der Waals surface area contributed by atoms with Gasteiger partial charge in [0.2, 0.25) is 11.7 Å². The molecule has 0 bridgehead atoms. The zero-order valence-corrected chi connectivity index (χ0v) is 20.1. The number of methoxy groups -OCH3 is 4. The zero-order chi connectivity index (χ0) is 22.9. The third-order valence-electron chi connectivity index (χ3n) is 4.49. The van der Waals surface area contributed by atoms with Crippen LogP contribution in [0.2, 0.25) is 0 Å². The van der Waals surface area contributed by atoms with Gasteiger partial charge < -0.3 is 29.0 Å². The first-order valence-electron chi connectivity index (χ1n) is 9.77. The van der Waals surface area contributed by atoms with Crippen LogP contribution in [-0.4, -0.2) is 58.5 Å². The van der Waals surface area contributed by atoms with Crippen LogP contribution in [0.25, 0.3) is 10.2 Å². The smallest absolute Gasteiger partial charge is 0.228 e. The molecule has 0 aliphatic heterocycles. The molecule has 172 valence electrons. The van der Waals surface area contributed by atoms with Gasteiger partial charge in [-0.1, -0.05) is 17.8 Å². The highest BCUT2D eigenvalue weighted by molar-refractivity contribution is 8.01. The van der Waals surface area contributed by atoms with Crippen molar-refractivity contribution in [2.24, 2.45) is 0 Å². The summed E-state index contributed by atoms with van der Waals surface area (Å²) in [5.74, 6) is 1.83. The first-order valence-corrected chi connectivity index (χ1v) is 11.6. The van der Waals surface area contributed by atoms with Gasteiger partial charge in [-0.3, -0.25) is 4.79 Å². The maximum Gasteiger partial charge on any atom is 0.228 e. The average molecular weight is 479 g/mol. The van der Waals surface area contributed by atoms with Crippen molar-refractivity contribution in [3.05, 3.63) is 35.9 Å². The summed E-state index contributed by atoms with van der Waals surface area (Å²) in [6.45, 7) is 1.12. The van der Waals surface area contributed by atoms with Gasteiger partial charge in [0.25, 0.3) is 0 Å². The van der Waals surface area contributed by atoms with E-state index in [1.54, 1.807) is 37.7 Å². The molecule has 0 fully saturated rings. The highest BCUT2D eigenvalue weighted by Gasteiger charge is 2.18. The van der Waals surface area contributed by atoms with Gasteiger partial charge in [0.1, 0.15) is 0 Å². The lowest BCUT2D eigenvalue weighted by molar-refractivity contribution is -0.115. The van der Waals surface area contributed by atoms with E-state index in [-0.39, 0.29) is 12.3 Å². The summed E-state index contributed by atoms with van der Waals surface area (Å²) in [4.78, 5) is 17.3. The molecule has 2 aromatic carbocycles. The molecule has 1 aromatic heterocycles. The fourth-order valence-electron chi connectivity index (χ4n) is 3.02. The van der Waals surface area contributed by atoms with Crippen LogP contribution < -0.4 is 19.5 Å². The Morgan fingerprint density at radius 1 is 1.03 bits per heavy atom. The number of amides is 1. The van der Waals surface area contributed by atoms with Crippen molar-refractivity contribution in [3.63, 3.8) is 0 Å². The van der Waals surface area contributed by atoms with Gasteiger partial charge in [-0.2, -0.15) is 0 Å². The minimum absolute atomic E-state index is 0.129. The molecule has 0 spiro atoms. The van der Waals surface area contributed by atoms with Crippen molar-refractivity contribution in [3.8, 4) is 17.2 Å². The normalized spacial score (nSPS) is 10.9. The Bertz CT molecular complexity index is 1060. The summed E-state index contributed by atoms with van der Waals surface area (Å²) in [5, 5.41) is 2.94. The molecule has 0 aliphatic carbocycles. The first-order chi connectivity index (χ1) is 15.6. The molecule has 8 nitrogen and oxygen atoms in total. The van der Waals surface area contributed by atoms with Crippen molar-refractivity contribution < 1.29 is 28.5 Å². The SMILES string of the molecule is COCCOCSc1nc2ccc(NC(=O)Cc3ccc(OC)c(OC)c3OC)cc2s1. The molecule has 1 N–H and O–H groups in total. The number of nitrogens with one attached hydrogen (secondary N) is 1. The maximum atomic E-state index is 12.7. The third-order valence-corrected chi connectivity index (χ3v) is 6.53. The molecule has 1 amide bonds. The Labute approximate surface area is 195 Å². The molecule has 0 saturated carbocycles. The molecule has 0 atom stereocenters. The molecule has 3 rings (SSSR count). The van der Waals surface area contributed by atoms with Crippen molar-refractivity contribution in [2.75, 3.05) is 52.9 Å². The van der Waals surface area contributed by atoms with Gasteiger partial charge >= 0.3 is 0 Å².